The molecule has 0 fully saturated rings. The summed E-state index contributed by atoms with van der Waals surface area (Å²) in [5.74, 6) is 0.194. The van der Waals surface area contributed by atoms with Crippen LogP contribution in [-0.4, -0.2) is 16.3 Å². The molecular weight excluding hydrogens is 132 g/mol. The molecule has 0 amide bonds. The van der Waals surface area contributed by atoms with E-state index in [0.29, 0.717) is 6.47 Å². The van der Waals surface area contributed by atoms with E-state index in [4.69, 9.17) is 0 Å². The van der Waals surface area contributed by atoms with Crippen LogP contribution < -0.4 is 0 Å². The number of nitrogens with zero attached hydrogens (tertiary/aromatic N) is 2. The van der Waals surface area contributed by atoms with Gasteiger partial charge in [-0.05, 0) is 12.6 Å². The van der Waals surface area contributed by atoms with Gasteiger partial charge < -0.3 is 4.74 Å². The maximum atomic E-state index is 9.79. The van der Waals surface area contributed by atoms with E-state index in [9.17, 15) is 4.79 Å². The SMILES string of the molecule is C=C(OC=O)n1cccn1. The van der Waals surface area contributed by atoms with Gasteiger partial charge in [0.1, 0.15) is 0 Å². The van der Waals surface area contributed by atoms with Crippen LogP contribution in [-0.2, 0) is 9.53 Å². The normalized spacial score (nSPS) is 8.80. The lowest BCUT2D eigenvalue weighted by molar-refractivity contribution is -0.123. The Bertz CT molecular complexity index is 228. The molecule has 0 saturated carbocycles. The van der Waals surface area contributed by atoms with Crippen molar-refractivity contribution in [3.05, 3.63) is 25.0 Å². The Morgan fingerprint density at radius 3 is 3.10 bits per heavy atom. The van der Waals surface area contributed by atoms with Crippen molar-refractivity contribution in [3.63, 3.8) is 0 Å². The minimum atomic E-state index is 0.194. The first-order valence-corrected chi connectivity index (χ1v) is 2.64. The molecule has 0 atom stereocenters. The summed E-state index contributed by atoms with van der Waals surface area (Å²) in [6, 6.07) is 1.71. The number of carbonyl (C=O) groups is 1. The van der Waals surface area contributed by atoms with Crippen molar-refractivity contribution >= 4 is 12.4 Å². The smallest absolute Gasteiger partial charge is 0.299 e. The van der Waals surface area contributed by atoms with Gasteiger partial charge in [-0.3, -0.25) is 4.79 Å². The molecule has 1 rings (SSSR count). The number of ether oxygens (including phenoxy) is 1. The van der Waals surface area contributed by atoms with Crippen LogP contribution in [0.5, 0.6) is 0 Å². The lowest BCUT2D eigenvalue weighted by atomic mass is 10.7. The Hall–Kier alpha value is -1.58. The van der Waals surface area contributed by atoms with Crippen LogP contribution in [0, 0.1) is 0 Å². The van der Waals surface area contributed by atoms with Gasteiger partial charge in [0.05, 0.1) is 0 Å². The van der Waals surface area contributed by atoms with Crippen molar-refractivity contribution in [2.24, 2.45) is 0 Å². The number of hydrogen-bond donors (Lipinski definition) is 0. The van der Waals surface area contributed by atoms with E-state index >= 15 is 0 Å². The molecule has 0 radical (unpaired) electrons. The van der Waals surface area contributed by atoms with Gasteiger partial charge in [-0.25, -0.2) is 4.68 Å². The maximum Gasteiger partial charge on any atom is 0.299 e. The summed E-state index contributed by atoms with van der Waals surface area (Å²) in [5.41, 5.74) is 0. The molecule has 1 aromatic rings. The molecule has 0 saturated heterocycles. The second-order valence-corrected chi connectivity index (χ2v) is 1.56. The predicted octanol–water partition coefficient (Wildman–Crippen LogP) is 0.484. The first kappa shape index (κ1) is 6.54. The van der Waals surface area contributed by atoms with Crippen LogP contribution in [0.1, 0.15) is 0 Å². The van der Waals surface area contributed by atoms with E-state index in [2.05, 4.69) is 16.4 Å². The highest BCUT2D eigenvalue weighted by Gasteiger charge is 1.94. The first-order chi connectivity index (χ1) is 4.84. The van der Waals surface area contributed by atoms with Crippen LogP contribution in [0.4, 0.5) is 0 Å². The van der Waals surface area contributed by atoms with E-state index in [1.165, 1.54) is 4.68 Å². The summed E-state index contributed by atoms with van der Waals surface area (Å²) < 4.78 is 5.77. The summed E-state index contributed by atoms with van der Waals surface area (Å²) in [6.07, 6.45) is 3.20. The zero-order chi connectivity index (χ0) is 7.40. The Labute approximate surface area is 57.7 Å². The van der Waals surface area contributed by atoms with Crippen molar-refractivity contribution in [2.45, 2.75) is 0 Å². The fourth-order valence-electron chi connectivity index (χ4n) is 0.526. The monoisotopic (exact) mass is 138 g/mol. The standard InChI is InChI=1S/C6H6N2O2/c1-6(10-5-9)8-4-2-3-7-8/h2-5H,1H2. The first-order valence-electron chi connectivity index (χ1n) is 2.64. The van der Waals surface area contributed by atoms with Crippen LogP contribution in [0.15, 0.2) is 25.0 Å². The highest BCUT2D eigenvalue weighted by molar-refractivity contribution is 5.49. The third kappa shape index (κ3) is 1.22. The minimum Gasteiger partial charge on any atom is -0.410 e. The highest BCUT2D eigenvalue weighted by Crippen LogP contribution is 1.97. The largest absolute Gasteiger partial charge is 0.410 e. The average Bonchev–Trinajstić information content (AvgIpc) is 2.38. The number of rotatable bonds is 3. The average molecular weight is 138 g/mol. The van der Waals surface area contributed by atoms with Crippen LogP contribution in [0.2, 0.25) is 0 Å². The van der Waals surface area contributed by atoms with E-state index in [1.807, 2.05) is 0 Å². The Kier molecular flexibility index (Phi) is 1.84. The second-order valence-electron chi connectivity index (χ2n) is 1.56. The maximum absolute atomic E-state index is 9.79. The summed E-state index contributed by atoms with van der Waals surface area (Å²) in [7, 11) is 0. The number of aromatic nitrogens is 2. The van der Waals surface area contributed by atoms with Crippen LogP contribution >= 0.6 is 0 Å². The fourth-order valence-corrected chi connectivity index (χ4v) is 0.526. The van der Waals surface area contributed by atoms with Crippen LogP contribution in [0.3, 0.4) is 0 Å². The Morgan fingerprint density at radius 2 is 2.60 bits per heavy atom. The van der Waals surface area contributed by atoms with Crippen molar-refractivity contribution in [1.82, 2.24) is 9.78 Å². The van der Waals surface area contributed by atoms with Crippen molar-refractivity contribution < 1.29 is 9.53 Å². The molecule has 0 aliphatic heterocycles. The molecule has 1 aromatic heterocycles. The van der Waals surface area contributed by atoms with Gasteiger partial charge in [0.15, 0.2) is 0 Å². The molecule has 0 spiro atoms. The molecule has 1 heterocycles. The topological polar surface area (TPSA) is 44.1 Å². The van der Waals surface area contributed by atoms with Crippen molar-refractivity contribution in [1.29, 1.82) is 0 Å². The molecule has 0 aliphatic carbocycles. The Morgan fingerprint density at radius 1 is 1.80 bits per heavy atom. The summed E-state index contributed by atoms with van der Waals surface area (Å²) in [4.78, 5) is 9.79. The Balaban J connectivity index is 2.68. The highest BCUT2D eigenvalue weighted by atomic mass is 16.5. The summed E-state index contributed by atoms with van der Waals surface area (Å²) in [6.45, 7) is 3.74. The minimum absolute atomic E-state index is 0.194. The van der Waals surface area contributed by atoms with E-state index < -0.39 is 0 Å². The molecular formula is C6H6N2O2. The molecule has 4 heteroatoms. The molecule has 0 unspecified atom stereocenters. The molecule has 52 valence electrons. The summed E-state index contributed by atoms with van der Waals surface area (Å²) in [5, 5.41) is 3.77. The van der Waals surface area contributed by atoms with Gasteiger partial charge in [0.2, 0.25) is 5.88 Å². The zero-order valence-corrected chi connectivity index (χ0v) is 5.23. The van der Waals surface area contributed by atoms with Gasteiger partial charge in [0.25, 0.3) is 6.47 Å². The number of carbonyl (C=O) groups excluding carboxylic acids is 1. The molecule has 0 aromatic carbocycles. The zero-order valence-electron chi connectivity index (χ0n) is 5.23. The van der Waals surface area contributed by atoms with Crippen LogP contribution in [0.25, 0.3) is 5.88 Å². The summed E-state index contributed by atoms with van der Waals surface area (Å²) >= 11 is 0. The van der Waals surface area contributed by atoms with Gasteiger partial charge in [-0.2, -0.15) is 5.10 Å². The number of hydrogen-bond acceptors (Lipinski definition) is 3. The molecule has 0 N–H and O–H groups in total. The van der Waals surface area contributed by atoms with Gasteiger partial charge in [0, 0.05) is 12.4 Å². The van der Waals surface area contributed by atoms with Gasteiger partial charge >= 0.3 is 0 Å². The van der Waals surface area contributed by atoms with Crippen molar-refractivity contribution in [3.8, 4) is 0 Å². The molecule has 4 nitrogen and oxygen atoms in total. The molecule has 10 heavy (non-hydrogen) atoms. The fraction of sp³-hybridized carbons (Fsp3) is 0. The predicted molar refractivity (Wildman–Crippen MR) is 34.7 cm³/mol. The van der Waals surface area contributed by atoms with E-state index in [1.54, 1.807) is 18.5 Å². The molecule has 0 aliphatic rings. The van der Waals surface area contributed by atoms with Gasteiger partial charge in [-0.1, -0.05) is 0 Å². The van der Waals surface area contributed by atoms with E-state index in [-0.39, 0.29) is 5.88 Å². The van der Waals surface area contributed by atoms with Gasteiger partial charge in [-0.15, -0.1) is 0 Å². The van der Waals surface area contributed by atoms with E-state index in [0.717, 1.165) is 0 Å². The second kappa shape index (κ2) is 2.82. The molecule has 0 bridgehead atoms. The lowest BCUT2D eigenvalue weighted by Gasteiger charge is -1.99. The third-order valence-corrected chi connectivity index (χ3v) is 0.944. The lowest BCUT2D eigenvalue weighted by Crippen LogP contribution is -1.98. The van der Waals surface area contributed by atoms with Crippen molar-refractivity contribution in [2.75, 3.05) is 0 Å². The third-order valence-electron chi connectivity index (χ3n) is 0.944. The quantitative estimate of drug-likeness (QED) is 0.451.